The van der Waals surface area contributed by atoms with E-state index in [1.165, 1.54) is 0 Å². The molecular formula is C19H18N2O3. The highest BCUT2D eigenvalue weighted by molar-refractivity contribution is 5.88. The van der Waals surface area contributed by atoms with E-state index in [4.69, 9.17) is 4.74 Å². The number of para-hydroxylation sites is 1. The fourth-order valence-corrected chi connectivity index (χ4v) is 2.32. The highest BCUT2D eigenvalue weighted by Crippen LogP contribution is 2.20. The van der Waals surface area contributed by atoms with Gasteiger partial charge in [-0.1, -0.05) is 48.5 Å². The van der Waals surface area contributed by atoms with Crippen LogP contribution >= 0.6 is 0 Å². The quantitative estimate of drug-likeness (QED) is 0.548. The lowest BCUT2D eigenvalue weighted by molar-refractivity contribution is -0.0444. The Morgan fingerprint density at radius 1 is 0.958 bits per heavy atom. The molecule has 0 fully saturated rings. The summed E-state index contributed by atoms with van der Waals surface area (Å²) in [7, 11) is 0. The second-order valence-corrected chi connectivity index (χ2v) is 5.28. The third-order valence-corrected chi connectivity index (χ3v) is 3.55. The zero-order valence-corrected chi connectivity index (χ0v) is 13.1. The summed E-state index contributed by atoms with van der Waals surface area (Å²) in [5.74, 6) is 0.700. The van der Waals surface area contributed by atoms with E-state index >= 15 is 0 Å². The van der Waals surface area contributed by atoms with Gasteiger partial charge in [-0.2, -0.15) is 0 Å². The highest BCUT2D eigenvalue weighted by Gasteiger charge is 2.10. The Hall–Kier alpha value is -3.05. The van der Waals surface area contributed by atoms with Crippen molar-refractivity contribution in [1.29, 1.82) is 0 Å². The number of hydroxylamine groups is 2. The van der Waals surface area contributed by atoms with Gasteiger partial charge in [-0.05, 0) is 35.0 Å². The van der Waals surface area contributed by atoms with Crippen LogP contribution in [0.5, 0.6) is 5.75 Å². The number of benzene rings is 3. The lowest BCUT2D eigenvalue weighted by Crippen LogP contribution is -2.35. The number of rotatable bonds is 5. The molecule has 0 aliphatic carbocycles. The molecule has 0 aliphatic rings. The van der Waals surface area contributed by atoms with Crippen LogP contribution < -0.4 is 10.1 Å². The summed E-state index contributed by atoms with van der Waals surface area (Å²) in [6.45, 7) is 0.253. The van der Waals surface area contributed by atoms with E-state index in [0.717, 1.165) is 10.8 Å². The molecule has 122 valence electrons. The molecule has 5 heteroatoms. The lowest BCUT2D eigenvalue weighted by Gasteiger charge is -2.16. The van der Waals surface area contributed by atoms with Crippen molar-refractivity contribution < 1.29 is 14.7 Å². The number of urea groups is 1. The van der Waals surface area contributed by atoms with Gasteiger partial charge in [-0.15, -0.1) is 0 Å². The number of hydrogen-bond acceptors (Lipinski definition) is 3. The molecule has 2 N–H and O–H groups in total. The summed E-state index contributed by atoms with van der Waals surface area (Å²) in [5, 5.41) is 15.2. The number of carbonyl (C=O) groups is 1. The average Bonchev–Trinajstić information content (AvgIpc) is 2.62. The first-order valence-electron chi connectivity index (χ1n) is 7.66. The Morgan fingerprint density at radius 3 is 2.46 bits per heavy atom. The van der Waals surface area contributed by atoms with E-state index in [-0.39, 0.29) is 13.2 Å². The summed E-state index contributed by atoms with van der Waals surface area (Å²) < 4.78 is 5.60. The van der Waals surface area contributed by atoms with E-state index in [2.05, 4.69) is 5.32 Å². The minimum Gasteiger partial charge on any atom is -0.492 e. The number of carbonyl (C=O) groups excluding carboxylic acids is 1. The molecule has 3 rings (SSSR count). The monoisotopic (exact) mass is 322 g/mol. The fourth-order valence-electron chi connectivity index (χ4n) is 2.32. The van der Waals surface area contributed by atoms with Crippen molar-refractivity contribution in [2.24, 2.45) is 0 Å². The molecule has 24 heavy (non-hydrogen) atoms. The molecule has 0 saturated carbocycles. The van der Waals surface area contributed by atoms with Gasteiger partial charge in [0.25, 0.3) is 0 Å². The molecule has 0 bridgehead atoms. The summed E-state index contributed by atoms with van der Waals surface area (Å²) in [5.41, 5.74) is 0.622. The number of fused-ring (bicyclic) bond motifs is 1. The maximum Gasteiger partial charge on any atom is 0.345 e. The van der Waals surface area contributed by atoms with E-state index in [1.807, 2.05) is 48.5 Å². The molecule has 0 heterocycles. The molecule has 3 aromatic carbocycles. The van der Waals surface area contributed by atoms with Crippen molar-refractivity contribution in [3.05, 3.63) is 72.8 Å². The maximum absolute atomic E-state index is 11.8. The van der Waals surface area contributed by atoms with Crippen LogP contribution in [0.25, 0.3) is 10.8 Å². The van der Waals surface area contributed by atoms with Crippen LogP contribution in [0.15, 0.2) is 72.8 Å². The van der Waals surface area contributed by atoms with Crippen molar-refractivity contribution in [3.8, 4) is 5.75 Å². The SMILES string of the molecule is O=C(Nc1ccccc1)N(O)CCOc1ccc2ccccc2c1. The average molecular weight is 322 g/mol. The fraction of sp³-hybridized carbons (Fsp3) is 0.105. The van der Waals surface area contributed by atoms with Crippen molar-refractivity contribution >= 4 is 22.5 Å². The van der Waals surface area contributed by atoms with Gasteiger partial charge in [-0.25, -0.2) is 9.86 Å². The van der Waals surface area contributed by atoms with Crippen molar-refractivity contribution in [2.45, 2.75) is 0 Å². The number of anilines is 1. The number of ether oxygens (including phenoxy) is 1. The predicted octanol–water partition coefficient (Wildman–Crippen LogP) is 4.14. The second kappa shape index (κ2) is 7.48. The van der Waals surface area contributed by atoms with Gasteiger partial charge in [-0.3, -0.25) is 5.21 Å². The minimum absolute atomic E-state index is 0.0610. The molecule has 0 spiro atoms. The van der Waals surface area contributed by atoms with Crippen LogP contribution in [0.4, 0.5) is 10.5 Å². The van der Waals surface area contributed by atoms with Crippen LogP contribution in [0.3, 0.4) is 0 Å². The van der Waals surface area contributed by atoms with Crippen LogP contribution in [0, 0.1) is 0 Å². The van der Waals surface area contributed by atoms with Gasteiger partial charge < -0.3 is 10.1 Å². The van der Waals surface area contributed by atoms with E-state index in [9.17, 15) is 10.0 Å². The van der Waals surface area contributed by atoms with Crippen LogP contribution in [0.2, 0.25) is 0 Å². The normalized spacial score (nSPS) is 10.4. The van der Waals surface area contributed by atoms with E-state index in [1.54, 1.807) is 24.3 Å². The zero-order chi connectivity index (χ0) is 16.8. The molecule has 3 aromatic rings. The first-order chi connectivity index (χ1) is 11.7. The molecule has 0 atom stereocenters. The number of nitrogens with one attached hydrogen (secondary N) is 1. The molecule has 0 aromatic heterocycles. The van der Waals surface area contributed by atoms with Gasteiger partial charge in [0.2, 0.25) is 0 Å². The minimum atomic E-state index is -0.594. The Labute approximate surface area is 140 Å². The zero-order valence-electron chi connectivity index (χ0n) is 13.1. The van der Waals surface area contributed by atoms with E-state index in [0.29, 0.717) is 16.5 Å². The van der Waals surface area contributed by atoms with Gasteiger partial charge >= 0.3 is 6.03 Å². The lowest BCUT2D eigenvalue weighted by atomic mass is 10.1. The van der Waals surface area contributed by atoms with Crippen molar-refractivity contribution in [2.75, 3.05) is 18.5 Å². The summed E-state index contributed by atoms with van der Waals surface area (Å²) in [4.78, 5) is 11.8. The third-order valence-electron chi connectivity index (χ3n) is 3.55. The largest absolute Gasteiger partial charge is 0.492 e. The Balaban J connectivity index is 1.50. The Bertz CT molecular complexity index is 821. The molecule has 0 saturated heterocycles. The van der Waals surface area contributed by atoms with Gasteiger partial charge in [0, 0.05) is 5.69 Å². The summed E-state index contributed by atoms with van der Waals surface area (Å²) in [6.07, 6.45) is 0. The highest BCUT2D eigenvalue weighted by atomic mass is 16.5. The van der Waals surface area contributed by atoms with Crippen molar-refractivity contribution in [1.82, 2.24) is 5.06 Å². The number of nitrogens with zero attached hydrogens (tertiary/aromatic N) is 1. The molecule has 0 radical (unpaired) electrons. The van der Waals surface area contributed by atoms with Crippen molar-refractivity contribution in [3.63, 3.8) is 0 Å². The molecule has 0 aliphatic heterocycles. The predicted molar refractivity (Wildman–Crippen MR) is 93.4 cm³/mol. The van der Waals surface area contributed by atoms with E-state index < -0.39 is 6.03 Å². The van der Waals surface area contributed by atoms with Crippen LogP contribution in [0.1, 0.15) is 0 Å². The first-order valence-corrected chi connectivity index (χ1v) is 7.66. The molecule has 0 unspecified atom stereocenters. The Kier molecular flexibility index (Phi) is 4.93. The van der Waals surface area contributed by atoms with Gasteiger partial charge in [0.15, 0.2) is 0 Å². The standard InChI is InChI=1S/C19H18N2O3/c22-19(20-17-8-2-1-3-9-17)21(23)12-13-24-18-11-10-15-6-4-5-7-16(15)14-18/h1-11,14,23H,12-13H2,(H,20,22). The number of amides is 2. The first kappa shape index (κ1) is 15.8. The second-order valence-electron chi connectivity index (χ2n) is 5.28. The number of hydrogen-bond donors (Lipinski definition) is 2. The smallest absolute Gasteiger partial charge is 0.345 e. The molecular weight excluding hydrogens is 304 g/mol. The maximum atomic E-state index is 11.8. The van der Waals surface area contributed by atoms with Crippen LogP contribution in [-0.2, 0) is 0 Å². The van der Waals surface area contributed by atoms with Crippen LogP contribution in [-0.4, -0.2) is 29.5 Å². The molecule has 5 nitrogen and oxygen atoms in total. The summed E-state index contributed by atoms with van der Waals surface area (Å²) >= 11 is 0. The third kappa shape index (κ3) is 4.02. The van der Waals surface area contributed by atoms with Gasteiger partial charge in [0.05, 0.1) is 6.54 Å². The summed E-state index contributed by atoms with van der Waals surface area (Å²) in [6, 6.07) is 22.1. The van der Waals surface area contributed by atoms with Gasteiger partial charge in [0.1, 0.15) is 12.4 Å². The molecule has 2 amide bonds. The Morgan fingerprint density at radius 2 is 1.67 bits per heavy atom. The topological polar surface area (TPSA) is 61.8 Å².